The number of amides is 1. The molecule has 1 fully saturated rings. The molecule has 0 aliphatic carbocycles. The van der Waals surface area contributed by atoms with Gasteiger partial charge in [0.05, 0.1) is 6.04 Å². The normalized spacial score (nSPS) is 19.5. The number of carbonyl (C=O) groups excluding carboxylic acids is 1. The molecule has 1 unspecified atom stereocenters. The smallest absolute Gasteiger partial charge is 0.272 e. The minimum atomic E-state index is -0.104. The van der Waals surface area contributed by atoms with Gasteiger partial charge in [0.25, 0.3) is 5.91 Å². The van der Waals surface area contributed by atoms with Crippen LogP contribution in [0.15, 0.2) is 12.3 Å². The first-order chi connectivity index (χ1) is 10.1. The predicted molar refractivity (Wildman–Crippen MR) is 84.4 cm³/mol. The van der Waals surface area contributed by atoms with Crippen LogP contribution in [0.2, 0.25) is 0 Å². The molecule has 1 saturated heterocycles. The summed E-state index contributed by atoms with van der Waals surface area (Å²) in [5.41, 5.74) is 0.424. The van der Waals surface area contributed by atoms with Crippen molar-refractivity contribution in [3.05, 3.63) is 18.0 Å². The van der Waals surface area contributed by atoms with E-state index < -0.39 is 0 Å². The maximum absolute atomic E-state index is 12.4. The molecule has 1 aliphatic heterocycles. The quantitative estimate of drug-likeness (QED) is 0.847. The van der Waals surface area contributed by atoms with Crippen molar-refractivity contribution in [2.75, 3.05) is 13.1 Å². The van der Waals surface area contributed by atoms with Crippen molar-refractivity contribution >= 4 is 5.91 Å². The van der Waals surface area contributed by atoms with Crippen LogP contribution in [0.5, 0.6) is 0 Å². The fraction of sp³-hybridized carbons (Fsp3) is 0.750. The van der Waals surface area contributed by atoms with Gasteiger partial charge < -0.3 is 10.6 Å². The molecular weight excluding hydrogens is 264 g/mol. The molecule has 0 bridgehead atoms. The van der Waals surface area contributed by atoms with E-state index in [0.29, 0.717) is 11.7 Å². The van der Waals surface area contributed by atoms with Crippen molar-refractivity contribution in [2.24, 2.45) is 0 Å². The zero-order chi connectivity index (χ0) is 15.3. The third kappa shape index (κ3) is 3.64. The molecule has 1 amide bonds. The average Bonchev–Trinajstić information content (AvgIpc) is 3.04. The molecule has 118 valence electrons. The number of piperidine rings is 1. The lowest BCUT2D eigenvalue weighted by molar-refractivity contribution is 0.0881. The van der Waals surface area contributed by atoms with Gasteiger partial charge in [-0.15, -0.1) is 0 Å². The summed E-state index contributed by atoms with van der Waals surface area (Å²) >= 11 is 0. The van der Waals surface area contributed by atoms with Gasteiger partial charge in [-0.05, 0) is 44.7 Å². The van der Waals surface area contributed by atoms with Crippen LogP contribution >= 0.6 is 0 Å². The summed E-state index contributed by atoms with van der Waals surface area (Å²) in [6, 6.07) is 2.20. The van der Waals surface area contributed by atoms with E-state index in [4.69, 9.17) is 0 Å². The van der Waals surface area contributed by atoms with Crippen molar-refractivity contribution < 1.29 is 4.79 Å². The van der Waals surface area contributed by atoms with Gasteiger partial charge in [-0.2, -0.15) is 5.10 Å². The molecule has 0 aromatic carbocycles. The molecule has 1 aromatic heterocycles. The van der Waals surface area contributed by atoms with Crippen LogP contribution in [0.3, 0.4) is 0 Å². The van der Waals surface area contributed by atoms with E-state index in [1.807, 2.05) is 16.9 Å². The average molecular weight is 292 g/mol. The van der Waals surface area contributed by atoms with Crippen LogP contribution in [-0.2, 0) is 0 Å². The maximum Gasteiger partial charge on any atom is 0.272 e. The minimum absolute atomic E-state index is 0.0527. The molecule has 5 heteroatoms. The standard InChI is InChI=1S/C16H28N4O/c1-4-16(5-2,6-3)18-15(21)14-9-11-20(19-14)13-8-7-10-17-12-13/h9,11,13,17H,4-8,10,12H2,1-3H3,(H,18,21). The Balaban J connectivity index is 2.04. The Morgan fingerprint density at radius 3 is 2.71 bits per heavy atom. The number of hydrogen-bond donors (Lipinski definition) is 2. The van der Waals surface area contributed by atoms with Crippen LogP contribution in [0.4, 0.5) is 0 Å². The molecule has 5 nitrogen and oxygen atoms in total. The van der Waals surface area contributed by atoms with E-state index in [-0.39, 0.29) is 11.4 Å². The minimum Gasteiger partial charge on any atom is -0.345 e. The molecule has 2 heterocycles. The Bertz CT molecular complexity index is 450. The van der Waals surface area contributed by atoms with Gasteiger partial charge in [-0.3, -0.25) is 9.48 Å². The van der Waals surface area contributed by atoms with Gasteiger partial charge in [0.15, 0.2) is 0 Å². The van der Waals surface area contributed by atoms with Gasteiger partial charge in [0.2, 0.25) is 0 Å². The fourth-order valence-electron chi connectivity index (χ4n) is 3.04. The molecule has 2 rings (SSSR count). The maximum atomic E-state index is 12.4. The molecule has 0 spiro atoms. The van der Waals surface area contributed by atoms with E-state index in [2.05, 4.69) is 36.5 Å². The SMILES string of the molecule is CCC(CC)(CC)NC(=O)c1ccn(C2CCCNC2)n1. The van der Waals surface area contributed by atoms with Crippen LogP contribution in [-0.4, -0.2) is 34.3 Å². The molecule has 21 heavy (non-hydrogen) atoms. The van der Waals surface area contributed by atoms with Crippen molar-refractivity contribution in [3.63, 3.8) is 0 Å². The molecule has 1 aliphatic rings. The first kappa shape index (κ1) is 16.0. The van der Waals surface area contributed by atoms with E-state index >= 15 is 0 Å². The van der Waals surface area contributed by atoms with E-state index in [9.17, 15) is 4.79 Å². The van der Waals surface area contributed by atoms with E-state index in [1.165, 1.54) is 0 Å². The summed E-state index contributed by atoms with van der Waals surface area (Å²) in [7, 11) is 0. The number of nitrogens with zero attached hydrogens (tertiary/aromatic N) is 2. The Hall–Kier alpha value is -1.36. The second-order valence-corrected chi connectivity index (χ2v) is 5.98. The summed E-state index contributed by atoms with van der Waals surface area (Å²) in [5.74, 6) is -0.0527. The highest BCUT2D eigenvalue weighted by Crippen LogP contribution is 2.20. The summed E-state index contributed by atoms with van der Waals surface area (Å²) in [5, 5.41) is 11.0. The number of carbonyl (C=O) groups is 1. The number of hydrogen-bond acceptors (Lipinski definition) is 3. The molecule has 1 atom stereocenters. The number of nitrogens with one attached hydrogen (secondary N) is 2. The van der Waals surface area contributed by atoms with Crippen LogP contribution in [0.25, 0.3) is 0 Å². The first-order valence-corrected chi connectivity index (χ1v) is 8.22. The zero-order valence-corrected chi connectivity index (χ0v) is 13.5. The van der Waals surface area contributed by atoms with Crippen molar-refractivity contribution in [1.29, 1.82) is 0 Å². The fourth-order valence-corrected chi connectivity index (χ4v) is 3.04. The van der Waals surface area contributed by atoms with Crippen LogP contribution in [0.1, 0.15) is 69.4 Å². The Kier molecular flexibility index (Phi) is 5.39. The first-order valence-electron chi connectivity index (χ1n) is 8.22. The van der Waals surface area contributed by atoms with Crippen molar-refractivity contribution in [2.45, 2.75) is 64.5 Å². The summed E-state index contributed by atoms with van der Waals surface area (Å²) < 4.78 is 1.94. The third-order valence-electron chi connectivity index (χ3n) is 4.89. The highest BCUT2D eigenvalue weighted by molar-refractivity contribution is 5.92. The Morgan fingerprint density at radius 2 is 2.14 bits per heavy atom. The second-order valence-electron chi connectivity index (χ2n) is 5.98. The van der Waals surface area contributed by atoms with Gasteiger partial charge in [-0.1, -0.05) is 20.8 Å². The monoisotopic (exact) mass is 292 g/mol. The number of aromatic nitrogens is 2. The molecular formula is C16H28N4O. The number of rotatable bonds is 6. The highest BCUT2D eigenvalue weighted by Gasteiger charge is 2.27. The second kappa shape index (κ2) is 7.07. The molecule has 0 saturated carbocycles. The molecule has 0 radical (unpaired) electrons. The zero-order valence-electron chi connectivity index (χ0n) is 13.5. The lowest BCUT2D eigenvalue weighted by atomic mass is 9.89. The van der Waals surface area contributed by atoms with E-state index in [0.717, 1.165) is 45.2 Å². The van der Waals surface area contributed by atoms with Crippen LogP contribution < -0.4 is 10.6 Å². The third-order valence-corrected chi connectivity index (χ3v) is 4.89. The van der Waals surface area contributed by atoms with Gasteiger partial charge in [0, 0.05) is 18.3 Å². The van der Waals surface area contributed by atoms with Crippen molar-refractivity contribution in [3.8, 4) is 0 Å². The van der Waals surface area contributed by atoms with Crippen LogP contribution in [0, 0.1) is 0 Å². The molecule has 2 N–H and O–H groups in total. The Labute approximate surface area is 127 Å². The molecule has 1 aromatic rings. The summed E-state index contributed by atoms with van der Waals surface area (Å²) in [6.45, 7) is 8.39. The van der Waals surface area contributed by atoms with Gasteiger partial charge >= 0.3 is 0 Å². The van der Waals surface area contributed by atoms with E-state index in [1.54, 1.807) is 0 Å². The lowest BCUT2D eigenvalue weighted by Crippen LogP contribution is -2.47. The van der Waals surface area contributed by atoms with Gasteiger partial charge in [0.1, 0.15) is 5.69 Å². The topological polar surface area (TPSA) is 59.0 Å². The van der Waals surface area contributed by atoms with Crippen molar-refractivity contribution in [1.82, 2.24) is 20.4 Å². The largest absolute Gasteiger partial charge is 0.345 e. The summed E-state index contributed by atoms with van der Waals surface area (Å²) in [6.07, 6.45) is 7.05. The predicted octanol–water partition coefficient (Wildman–Crippen LogP) is 2.51. The lowest BCUT2D eigenvalue weighted by Gasteiger charge is -2.31. The Morgan fingerprint density at radius 1 is 1.43 bits per heavy atom. The van der Waals surface area contributed by atoms with Gasteiger partial charge in [-0.25, -0.2) is 0 Å². The highest BCUT2D eigenvalue weighted by atomic mass is 16.2. The summed E-state index contributed by atoms with van der Waals surface area (Å²) in [4.78, 5) is 12.4.